The van der Waals surface area contributed by atoms with E-state index in [-0.39, 0.29) is 34.8 Å². The maximum absolute atomic E-state index is 16.8. The van der Waals surface area contributed by atoms with Crippen molar-refractivity contribution in [1.82, 2.24) is 29.5 Å². The van der Waals surface area contributed by atoms with Crippen molar-refractivity contribution < 1.29 is 14.3 Å². The second-order valence-electron chi connectivity index (χ2n) is 13.5. The summed E-state index contributed by atoms with van der Waals surface area (Å²) in [4.78, 5) is 36.1. The molecule has 9 nitrogen and oxygen atoms in total. The summed E-state index contributed by atoms with van der Waals surface area (Å²) in [6, 6.07) is 36.0. The van der Waals surface area contributed by atoms with Crippen molar-refractivity contribution in [2.24, 2.45) is 0 Å². The topological polar surface area (TPSA) is 119 Å². The predicted molar refractivity (Wildman–Crippen MR) is 219 cm³/mol. The van der Waals surface area contributed by atoms with E-state index in [2.05, 4.69) is 51.3 Å². The van der Waals surface area contributed by atoms with Crippen molar-refractivity contribution in [3.05, 3.63) is 172 Å². The Morgan fingerprint density at radius 3 is 2.12 bits per heavy atom. The van der Waals surface area contributed by atoms with Gasteiger partial charge in [-0.05, 0) is 53.1 Å². The molecule has 1 atom stereocenters. The van der Waals surface area contributed by atoms with Crippen LogP contribution in [0.25, 0.3) is 33.1 Å². The van der Waals surface area contributed by atoms with Gasteiger partial charge in [-0.15, -0.1) is 11.3 Å². The number of aliphatic carboxylic acids is 1. The zero-order valence-electron chi connectivity index (χ0n) is 30.4. The van der Waals surface area contributed by atoms with E-state index >= 15 is 4.39 Å². The number of carbonyl (C=O) groups is 1. The number of aromatic nitrogens is 6. The molecule has 0 bridgehead atoms. The Morgan fingerprint density at radius 2 is 1.54 bits per heavy atom. The molecule has 0 aliphatic heterocycles. The lowest BCUT2D eigenvalue weighted by Gasteiger charge is -2.38. The predicted octanol–water partition coefficient (Wildman–Crippen LogP) is 10.7. The van der Waals surface area contributed by atoms with E-state index in [9.17, 15) is 9.90 Å². The minimum atomic E-state index is -0.964. The van der Waals surface area contributed by atoms with E-state index in [1.165, 1.54) is 17.5 Å². The number of carboxylic acid groups (broad SMARTS) is 1. The molecule has 5 aromatic heterocycles. The number of aryl methyl sites for hydroxylation is 1. The molecule has 0 fully saturated rings. The molecule has 56 heavy (non-hydrogen) atoms. The standard InChI is InChI=1S/C44H35ClFN7O2S/c1-27(20-21-35(54)55)37-38(28(2)22-23-47-37)50-42-36(46)40(33-19-12-24-56-33)51-41(52-42)32-26-53(43-39(32)49-34(45)25-48-43)44(29-13-6-3-7-14-29,30-15-8-4-9-16-30)31-17-10-5-11-18-31/h3-19,22-27H,20-21H2,1-2H3,(H,54,55)(H,50,51,52). The molecule has 0 amide bonds. The number of carboxylic acids is 1. The third-order valence-corrected chi connectivity index (χ3v) is 11.0. The van der Waals surface area contributed by atoms with Crippen molar-refractivity contribution in [3.8, 4) is 22.0 Å². The van der Waals surface area contributed by atoms with E-state index < -0.39 is 17.3 Å². The fourth-order valence-corrected chi connectivity index (χ4v) is 8.12. The highest BCUT2D eigenvalue weighted by Gasteiger charge is 2.41. The quantitative estimate of drug-likeness (QED) is 0.118. The number of thiophene rings is 1. The van der Waals surface area contributed by atoms with Crippen LogP contribution >= 0.6 is 22.9 Å². The van der Waals surface area contributed by atoms with E-state index in [4.69, 9.17) is 31.5 Å². The highest BCUT2D eigenvalue weighted by molar-refractivity contribution is 7.13. The summed E-state index contributed by atoms with van der Waals surface area (Å²) in [6.07, 6.45) is 5.43. The van der Waals surface area contributed by atoms with Crippen LogP contribution in [0, 0.1) is 12.7 Å². The van der Waals surface area contributed by atoms with Crippen molar-refractivity contribution in [1.29, 1.82) is 0 Å². The van der Waals surface area contributed by atoms with Gasteiger partial charge in [-0.1, -0.05) is 116 Å². The fraction of sp³-hybridized carbons (Fsp3) is 0.136. The molecule has 3 aromatic carbocycles. The van der Waals surface area contributed by atoms with Gasteiger partial charge >= 0.3 is 5.97 Å². The number of fused-ring (bicyclic) bond motifs is 1. The highest BCUT2D eigenvalue weighted by Crippen LogP contribution is 2.45. The molecular weight excluding hydrogens is 745 g/mol. The van der Waals surface area contributed by atoms with E-state index in [0.29, 0.717) is 39.4 Å². The summed E-state index contributed by atoms with van der Waals surface area (Å²) in [5.74, 6) is -1.67. The summed E-state index contributed by atoms with van der Waals surface area (Å²) < 4.78 is 18.9. The first kappa shape index (κ1) is 36.7. The monoisotopic (exact) mass is 779 g/mol. The number of benzene rings is 3. The van der Waals surface area contributed by atoms with Gasteiger partial charge in [-0.25, -0.2) is 24.3 Å². The number of hydrogen-bond donors (Lipinski definition) is 2. The molecule has 8 rings (SSSR count). The molecule has 0 spiro atoms. The summed E-state index contributed by atoms with van der Waals surface area (Å²) in [5.41, 5.74) is 5.42. The van der Waals surface area contributed by atoms with E-state index in [0.717, 1.165) is 22.3 Å². The number of rotatable bonds is 12. The maximum atomic E-state index is 16.8. The number of halogens is 2. The van der Waals surface area contributed by atoms with Gasteiger partial charge in [-0.3, -0.25) is 9.78 Å². The minimum absolute atomic E-state index is 0.0329. The van der Waals surface area contributed by atoms with Crippen LogP contribution in [0.15, 0.2) is 133 Å². The molecule has 278 valence electrons. The number of hydrogen-bond acceptors (Lipinski definition) is 8. The van der Waals surface area contributed by atoms with Crippen LogP contribution in [0.4, 0.5) is 15.9 Å². The van der Waals surface area contributed by atoms with Gasteiger partial charge in [0.2, 0.25) is 0 Å². The molecule has 1 unspecified atom stereocenters. The average Bonchev–Trinajstić information content (AvgIpc) is 3.89. The summed E-state index contributed by atoms with van der Waals surface area (Å²) in [7, 11) is 0. The first-order valence-electron chi connectivity index (χ1n) is 18.0. The molecule has 0 radical (unpaired) electrons. The molecule has 2 N–H and O–H groups in total. The molecule has 0 saturated heterocycles. The molecule has 5 heterocycles. The second kappa shape index (κ2) is 15.4. The lowest BCUT2D eigenvalue weighted by molar-refractivity contribution is -0.137. The van der Waals surface area contributed by atoms with Crippen molar-refractivity contribution in [2.45, 2.75) is 38.1 Å². The maximum Gasteiger partial charge on any atom is 0.303 e. The first-order chi connectivity index (χ1) is 27.3. The number of nitrogens with one attached hydrogen (secondary N) is 1. The molecule has 0 aliphatic rings. The van der Waals surface area contributed by atoms with Gasteiger partial charge in [0.1, 0.15) is 21.9 Å². The van der Waals surface area contributed by atoms with Crippen LogP contribution in [0.2, 0.25) is 5.15 Å². The fourth-order valence-electron chi connectivity index (χ4n) is 7.28. The van der Waals surface area contributed by atoms with Crippen LogP contribution < -0.4 is 5.32 Å². The van der Waals surface area contributed by atoms with Gasteiger partial charge < -0.3 is 15.0 Å². The summed E-state index contributed by atoms with van der Waals surface area (Å²) in [5, 5.41) is 14.7. The smallest absolute Gasteiger partial charge is 0.303 e. The molecule has 0 aliphatic carbocycles. The molecule has 0 saturated carbocycles. The number of pyridine rings is 1. The van der Waals surface area contributed by atoms with E-state index in [1.807, 2.05) is 98.2 Å². The Labute approximate surface area is 331 Å². The van der Waals surface area contributed by atoms with Gasteiger partial charge in [0.05, 0.1) is 28.0 Å². The molecule has 8 aromatic rings. The van der Waals surface area contributed by atoms with Crippen LogP contribution in [0.3, 0.4) is 0 Å². The molecular formula is C44H35ClFN7O2S. The molecule has 12 heteroatoms. The zero-order chi connectivity index (χ0) is 38.8. The number of anilines is 2. The van der Waals surface area contributed by atoms with Crippen molar-refractivity contribution in [3.63, 3.8) is 0 Å². The number of nitrogens with zero attached hydrogens (tertiary/aromatic N) is 6. The second-order valence-corrected chi connectivity index (χ2v) is 14.8. The summed E-state index contributed by atoms with van der Waals surface area (Å²) in [6.45, 7) is 3.80. The van der Waals surface area contributed by atoms with Crippen LogP contribution in [0.5, 0.6) is 0 Å². The van der Waals surface area contributed by atoms with Crippen molar-refractivity contribution >= 4 is 51.6 Å². The third-order valence-electron chi connectivity index (χ3n) is 9.94. The van der Waals surface area contributed by atoms with Crippen LogP contribution in [-0.4, -0.2) is 40.6 Å². The van der Waals surface area contributed by atoms with Gasteiger partial charge in [0.25, 0.3) is 0 Å². The Bertz CT molecular complexity index is 2560. The Kier molecular flexibility index (Phi) is 10.1. The van der Waals surface area contributed by atoms with Crippen molar-refractivity contribution in [2.75, 3.05) is 5.32 Å². The normalized spacial score (nSPS) is 12.1. The van der Waals surface area contributed by atoms with E-state index in [1.54, 1.807) is 6.20 Å². The Hall–Kier alpha value is -6.30. The van der Waals surface area contributed by atoms with Gasteiger partial charge in [0, 0.05) is 24.7 Å². The summed E-state index contributed by atoms with van der Waals surface area (Å²) >= 11 is 7.96. The SMILES string of the molecule is Cc1ccnc(C(C)CCC(=O)O)c1Nc1nc(-c2cn(C(c3ccccc3)(c3ccccc3)c3ccccc3)c3ncc(Cl)nc23)nc(-c2cccs2)c1F. The minimum Gasteiger partial charge on any atom is -0.481 e. The van der Waals surface area contributed by atoms with Gasteiger partial charge in [-0.2, -0.15) is 0 Å². The van der Waals surface area contributed by atoms with Gasteiger partial charge in [0.15, 0.2) is 23.1 Å². The lowest BCUT2D eigenvalue weighted by Crippen LogP contribution is -2.37. The van der Waals surface area contributed by atoms with Crippen LogP contribution in [-0.2, 0) is 10.3 Å². The van der Waals surface area contributed by atoms with Crippen LogP contribution in [0.1, 0.15) is 53.6 Å². The average molecular weight is 780 g/mol. The third kappa shape index (κ3) is 6.69. The Morgan fingerprint density at radius 1 is 0.893 bits per heavy atom. The zero-order valence-corrected chi connectivity index (χ0v) is 32.0. The first-order valence-corrected chi connectivity index (χ1v) is 19.3. The Balaban J connectivity index is 1.40. The highest BCUT2D eigenvalue weighted by atomic mass is 35.5. The lowest BCUT2D eigenvalue weighted by atomic mass is 9.76. The largest absolute Gasteiger partial charge is 0.481 e.